The second-order valence-corrected chi connectivity index (χ2v) is 7.28. The third kappa shape index (κ3) is 3.11. The quantitative estimate of drug-likeness (QED) is 0.470. The van der Waals surface area contributed by atoms with Gasteiger partial charge in [-0.25, -0.2) is 0 Å². The summed E-state index contributed by atoms with van der Waals surface area (Å²) in [4.78, 5) is 10.6. The molecule has 1 aromatic carbocycles. The Balaban J connectivity index is 2.06. The predicted octanol–water partition coefficient (Wildman–Crippen LogP) is 3.95. The minimum absolute atomic E-state index is 0.442. The molecule has 18 heavy (non-hydrogen) atoms. The molecule has 96 valence electrons. The molecule has 1 fully saturated rings. The van der Waals surface area contributed by atoms with Gasteiger partial charge in [-0.15, -0.1) is 0 Å². The molecule has 0 saturated carbocycles. The van der Waals surface area contributed by atoms with E-state index in [9.17, 15) is 9.36 Å². The fourth-order valence-electron chi connectivity index (χ4n) is 2.09. The molecule has 0 amide bonds. The van der Waals surface area contributed by atoms with Gasteiger partial charge in [-0.2, -0.15) is 0 Å². The summed E-state index contributed by atoms with van der Waals surface area (Å²) >= 11 is 0. The van der Waals surface area contributed by atoms with E-state index < -0.39 is 7.37 Å². The minimum atomic E-state index is -2.52. The Morgan fingerprint density at radius 1 is 1.17 bits per heavy atom. The highest BCUT2D eigenvalue weighted by Crippen LogP contribution is 2.54. The zero-order chi connectivity index (χ0) is 13.0. The lowest BCUT2D eigenvalue weighted by Crippen LogP contribution is -2.05. The number of hydrogen-bond acceptors (Lipinski definition) is 3. The second-order valence-electron chi connectivity index (χ2n) is 4.58. The number of carbonyl (C=O) groups is 1. The van der Waals surface area contributed by atoms with Crippen LogP contribution in [0.3, 0.4) is 0 Å². The molecule has 0 aromatic heterocycles. The molecule has 0 radical (unpaired) electrons. The Bertz CT molecular complexity index is 480. The topological polar surface area (TPSA) is 43.4 Å². The van der Waals surface area contributed by atoms with Crippen molar-refractivity contribution in [3.8, 4) is 0 Å². The van der Waals surface area contributed by atoms with E-state index in [1.165, 1.54) is 0 Å². The molecule has 0 atom stereocenters. The molecule has 3 nitrogen and oxygen atoms in total. The van der Waals surface area contributed by atoms with Gasteiger partial charge in [0.2, 0.25) is 7.37 Å². The number of hydrogen-bond donors (Lipinski definition) is 0. The van der Waals surface area contributed by atoms with Gasteiger partial charge in [0.15, 0.2) is 0 Å². The van der Waals surface area contributed by atoms with E-state index in [2.05, 4.69) is 6.58 Å². The van der Waals surface area contributed by atoms with Crippen molar-refractivity contribution < 1.29 is 13.9 Å². The first kappa shape index (κ1) is 13.1. The zero-order valence-corrected chi connectivity index (χ0v) is 11.2. The predicted molar refractivity (Wildman–Crippen MR) is 73.1 cm³/mol. The van der Waals surface area contributed by atoms with Crippen molar-refractivity contribution in [2.75, 3.05) is 12.3 Å². The summed E-state index contributed by atoms with van der Waals surface area (Å²) < 4.78 is 18.0. The molecular weight excluding hydrogens is 247 g/mol. The van der Waals surface area contributed by atoms with Crippen LogP contribution in [-0.2, 0) is 9.09 Å². The van der Waals surface area contributed by atoms with E-state index in [0.717, 1.165) is 31.1 Å². The highest BCUT2D eigenvalue weighted by molar-refractivity contribution is 7.59. The van der Waals surface area contributed by atoms with Crippen LogP contribution in [0.5, 0.6) is 0 Å². The monoisotopic (exact) mass is 264 g/mol. The van der Waals surface area contributed by atoms with Crippen LogP contribution in [0, 0.1) is 0 Å². The van der Waals surface area contributed by atoms with Crippen LogP contribution >= 0.6 is 7.37 Å². The van der Waals surface area contributed by atoms with E-state index in [1.807, 2.05) is 0 Å². The van der Waals surface area contributed by atoms with Gasteiger partial charge in [-0.1, -0.05) is 37.3 Å². The van der Waals surface area contributed by atoms with Crippen molar-refractivity contribution in [3.05, 3.63) is 42.0 Å². The molecule has 1 aliphatic rings. The molecule has 1 aromatic rings. The Kier molecular flexibility index (Phi) is 4.03. The number of carbonyl (C=O) groups excluding carboxylic acids is 1. The van der Waals surface area contributed by atoms with Crippen LogP contribution in [0.2, 0.25) is 0 Å². The summed E-state index contributed by atoms with van der Waals surface area (Å²) in [6.07, 6.45) is 5.16. The molecule has 0 aliphatic carbocycles. The molecule has 0 unspecified atom stereocenters. The Labute approximate surface area is 107 Å². The summed E-state index contributed by atoms with van der Waals surface area (Å²) in [7, 11) is -2.52. The fourth-order valence-corrected chi connectivity index (χ4v) is 4.41. The smallest absolute Gasteiger partial charge is 0.247 e. The summed E-state index contributed by atoms with van der Waals surface area (Å²) in [6, 6.07) is 6.94. The summed E-state index contributed by atoms with van der Waals surface area (Å²) in [5, 5.41) is 0. The average Bonchev–Trinajstić information content (AvgIpc) is 2.39. The van der Waals surface area contributed by atoms with Gasteiger partial charge in [0.05, 0.1) is 0 Å². The first-order valence-corrected chi connectivity index (χ1v) is 8.15. The number of rotatable bonds is 4. The molecule has 2 rings (SSSR count). The van der Waals surface area contributed by atoms with Crippen LogP contribution in [0.1, 0.15) is 35.2 Å². The van der Waals surface area contributed by atoms with Crippen LogP contribution in [0.15, 0.2) is 30.8 Å². The van der Waals surface area contributed by atoms with Gasteiger partial charge in [0.25, 0.3) is 0 Å². The highest BCUT2D eigenvalue weighted by atomic mass is 31.2. The van der Waals surface area contributed by atoms with E-state index in [-0.39, 0.29) is 0 Å². The Hall–Kier alpha value is -1.34. The first-order valence-electron chi connectivity index (χ1n) is 6.15. The van der Waals surface area contributed by atoms with Crippen molar-refractivity contribution >= 4 is 19.4 Å². The van der Waals surface area contributed by atoms with Crippen molar-refractivity contribution in [2.45, 2.75) is 19.3 Å². The molecule has 4 heteroatoms. The summed E-state index contributed by atoms with van der Waals surface area (Å²) in [6.45, 7) is 3.84. The number of aldehydes is 1. The maximum atomic E-state index is 12.4. The lowest BCUT2D eigenvalue weighted by Gasteiger charge is -2.24. The minimum Gasteiger partial charge on any atom is -0.443 e. The third-order valence-corrected chi connectivity index (χ3v) is 5.69. The van der Waals surface area contributed by atoms with Gasteiger partial charge in [0.1, 0.15) is 12.0 Å². The maximum absolute atomic E-state index is 12.4. The van der Waals surface area contributed by atoms with Crippen LogP contribution in [0.4, 0.5) is 0 Å². The molecule has 1 heterocycles. The molecule has 0 spiro atoms. The lowest BCUT2D eigenvalue weighted by molar-refractivity contribution is 0.112. The zero-order valence-electron chi connectivity index (χ0n) is 10.3. The standard InChI is InChI=1S/C14H17O3P/c1-12(14-7-5-13(11-15)6-8-14)17-18(16)9-3-2-4-10-18/h5-8,11H,1-4,9-10H2. The average molecular weight is 264 g/mol. The Morgan fingerprint density at radius 3 is 2.33 bits per heavy atom. The third-order valence-electron chi connectivity index (χ3n) is 3.14. The lowest BCUT2D eigenvalue weighted by atomic mass is 10.1. The molecule has 0 N–H and O–H groups in total. The van der Waals surface area contributed by atoms with E-state index in [0.29, 0.717) is 23.6 Å². The highest BCUT2D eigenvalue weighted by Gasteiger charge is 2.27. The van der Waals surface area contributed by atoms with Crippen LogP contribution < -0.4 is 0 Å². The summed E-state index contributed by atoms with van der Waals surface area (Å²) in [5.41, 5.74) is 1.39. The number of benzene rings is 1. The normalized spacial score (nSPS) is 18.0. The van der Waals surface area contributed by atoms with Crippen LogP contribution in [-0.4, -0.2) is 18.6 Å². The molecule has 1 aliphatic heterocycles. The van der Waals surface area contributed by atoms with E-state index in [1.54, 1.807) is 24.3 Å². The second kappa shape index (κ2) is 5.53. The molecular formula is C14H17O3P. The molecule has 0 bridgehead atoms. The largest absolute Gasteiger partial charge is 0.443 e. The van der Waals surface area contributed by atoms with Crippen molar-refractivity contribution in [3.63, 3.8) is 0 Å². The van der Waals surface area contributed by atoms with Gasteiger partial charge in [-0.05, 0) is 12.8 Å². The van der Waals surface area contributed by atoms with E-state index in [4.69, 9.17) is 4.52 Å². The van der Waals surface area contributed by atoms with Gasteiger partial charge in [-0.3, -0.25) is 9.36 Å². The maximum Gasteiger partial charge on any atom is 0.247 e. The van der Waals surface area contributed by atoms with Gasteiger partial charge < -0.3 is 4.52 Å². The summed E-state index contributed by atoms with van der Waals surface area (Å²) in [5.74, 6) is 0.442. The van der Waals surface area contributed by atoms with Gasteiger partial charge in [0, 0.05) is 23.5 Å². The van der Waals surface area contributed by atoms with E-state index >= 15 is 0 Å². The SMILES string of the molecule is C=C(OP1(=O)CCCCC1)c1ccc(C=O)cc1. The van der Waals surface area contributed by atoms with Gasteiger partial charge >= 0.3 is 0 Å². The first-order chi connectivity index (χ1) is 8.63. The van der Waals surface area contributed by atoms with Crippen molar-refractivity contribution in [1.29, 1.82) is 0 Å². The molecule has 1 saturated heterocycles. The van der Waals surface area contributed by atoms with Crippen LogP contribution in [0.25, 0.3) is 5.76 Å². The Morgan fingerprint density at radius 2 is 1.78 bits per heavy atom. The fraction of sp³-hybridized carbons (Fsp3) is 0.357. The van der Waals surface area contributed by atoms with Crippen molar-refractivity contribution in [1.82, 2.24) is 0 Å². The van der Waals surface area contributed by atoms with Crippen molar-refractivity contribution in [2.24, 2.45) is 0 Å².